The van der Waals surface area contributed by atoms with E-state index in [2.05, 4.69) is 31.8 Å². The molecule has 2 rings (SSSR count). The molecule has 0 atom stereocenters. The number of amides is 2. The van der Waals surface area contributed by atoms with Crippen molar-refractivity contribution < 1.29 is 9.59 Å². The molecular formula is C20H22BrN3O2. The van der Waals surface area contributed by atoms with Crippen LogP contribution in [-0.2, 0) is 4.79 Å². The topological polar surface area (TPSA) is 70.6 Å². The van der Waals surface area contributed by atoms with E-state index in [9.17, 15) is 9.59 Å². The number of carbonyl (C=O) groups is 2. The van der Waals surface area contributed by atoms with Gasteiger partial charge in [-0.15, -0.1) is 0 Å². The maximum Gasteiger partial charge on any atom is 0.271 e. The van der Waals surface area contributed by atoms with Crippen LogP contribution in [0.2, 0.25) is 0 Å². The Morgan fingerprint density at radius 2 is 1.73 bits per heavy atom. The summed E-state index contributed by atoms with van der Waals surface area (Å²) in [6.45, 7) is 7.66. The normalized spacial score (nSPS) is 11.2. The van der Waals surface area contributed by atoms with Gasteiger partial charge in [0.05, 0.1) is 6.42 Å². The average Bonchev–Trinajstić information content (AvgIpc) is 2.56. The number of benzene rings is 2. The number of nitrogens with one attached hydrogen (secondary N) is 2. The highest BCUT2D eigenvalue weighted by Crippen LogP contribution is 2.22. The lowest BCUT2D eigenvalue weighted by Crippen LogP contribution is -2.22. The Kier molecular flexibility index (Phi) is 6.69. The number of hydrogen-bond acceptors (Lipinski definition) is 3. The average molecular weight is 416 g/mol. The van der Waals surface area contributed by atoms with Crippen LogP contribution in [0, 0.1) is 20.8 Å². The molecule has 26 heavy (non-hydrogen) atoms. The molecule has 5 nitrogen and oxygen atoms in total. The van der Waals surface area contributed by atoms with Gasteiger partial charge in [-0.05, 0) is 57.0 Å². The molecule has 0 aliphatic carbocycles. The summed E-state index contributed by atoms with van der Waals surface area (Å²) in [5.41, 5.74) is 7.51. The molecule has 0 saturated carbocycles. The Morgan fingerprint density at radius 1 is 1.08 bits per heavy atom. The second-order valence-electron chi connectivity index (χ2n) is 6.30. The molecule has 0 bridgehead atoms. The van der Waals surface area contributed by atoms with E-state index in [0.717, 1.165) is 26.9 Å². The van der Waals surface area contributed by atoms with E-state index in [4.69, 9.17) is 0 Å². The number of rotatable bonds is 5. The second-order valence-corrected chi connectivity index (χ2v) is 7.21. The zero-order valence-corrected chi connectivity index (χ0v) is 16.9. The first kappa shape index (κ1) is 19.8. The molecule has 6 heteroatoms. The lowest BCUT2D eigenvalue weighted by Gasteiger charge is -2.12. The molecule has 2 amide bonds. The summed E-state index contributed by atoms with van der Waals surface area (Å²) < 4.78 is 0.814. The number of carbonyl (C=O) groups excluding carboxylic acids is 2. The Labute approximate surface area is 162 Å². The second kappa shape index (κ2) is 8.76. The molecule has 2 aromatic carbocycles. The number of anilines is 1. The molecule has 0 fully saturated rings. The molecule has 136 valence electrons. The number of hydrazone groups is 1. The summed E-state index contributed by atoms with van der Waals surface area (Å²) in [4.78, 5) is 24.3. The minimum atomic E-state index is -0.323. The molecule has 0 aromatic heterocycles. The van der Waals surface area contributed by atoms with Crippen LogP contribution in [0.5, 0.6) is 0 Å². The number of nitrogens with zero attached hydrogens (tertiary/aromatic N) is 1. The van der Waals surface area contributed by atoms with Gasteiger partial charge in [0.25, 0.3) is 5.91 Å². The fourth-order valence-electron chi connectivity index (χ4n) is 2.67. The van der Waals surface area contributed by atoms with Gasteiger partial charge >= 0.3 is 0 Å². The fraction of sp³-hybridized carbons (Fsp3) is 0.250. The Bertz CT molecular complexity index is 852. The van der Waals surface area contributed by atoms with Gasteiger partial charge in [0.2, 0.25) is 5.91 Å². The largest absolute Gasteiger partial charge is 0.325 e. The van der Waals surface area contributed by atoms with Crippen LogP contribution in [0.15, 0.2) is 46.0 Å². The summed E-state index contributed by atoms with van der Waals surface area (Å²) in [7, 11) is 0. The maximum absolute atomic E-state index is 12.3. The van der Waals surface area contributed by atoms with Gasteiger partial charge < -0.3 is 5.32 Å². The molecule has 2 aromatic rings. The highest BCUT2D eigenvalue weighted by Gasteiger charge is 2.10. The van der Waals surface area contributed by atoms with Crippen molar-refractivity contribution in [3.8, 4) is 0 Å². The monoisotopic (exact) mass is 415 g/mol. The van der Waals surface area contributed by atoms with Crippen LogP contribution in [0.25, 0.3) is 0 Å². The summed E-state index contributed by atoms with van der Waals surface area (Å²) in [6.07, 6.45) is 0.103. The van der Waals surface area contributed by atoms with Crippen molar-refractivity contribution in [2.45, 2.75) is 34.1 Å². The molecule has 0 aliphatic rings. The lowest BCUT2D eigenvalue weighted by atomic mass is 10.0. The van der Waals surface area contributed by atoms with E-state index in [-0.39, 0.29) is 18.2 Å². The molecule has 0 spiro atoms. The first-order chi connectivity index (χ1) is 12.3. The standard InChI is InChI=1S/C20H22BrN3O2/c1-12-8-13(2)19(14(3)9-12)22-18(25)10-15(4)23-24-20(26)16-6-5-7-17(21)11-16/h5-9,11H,10H2,1-4H3,(H,22,25)(H,24,26)/b23-15-. The van der Waals surface area contributed by atoms with Gasteiger partial charge in [-0.2, -0.15) is 5.10 Å². The molecule has 0 heterocycles. The van der Waals surface area contributed by atoms with Crippen LogP contribution >= 0.6 is 15.9 Å². The Morgan fingerprint density at radius 3 is 2.35 bits per heavy atom. The van der Waals surface area contributed by atoms with Crippen molar-refractivity contribution in [1.29, 1.82) is 0 Å². The van der Waals surface area contributed by atoms with Crippen LogP contribution in [0.1, 0.15) is 40.4 Å². The predicted molar refractivity (Wildman–Crippen MR) is 109 cm³/mol. The lowest BCUT2D eigenvalue weighted by molar-refractivity contribution is -0.115. The van der Waals surface area contributed by atoms with Crippen molar-refractivity contribution >= 4 is 39.1 Å². The van der Waals surface area contributed by atoms with E-state index < -0.39 is 0 Å². The Balaban J connectivity index is 1.96. The zero-order chi connectivity index (χ0) is 19.3. The molecular weight excluding hydrogens is 394 g/mol. The molecule has 0 aliphatic heterocycles. The summed E-state index contributed by atoms with van der Waals surface area (Å²) >= 11 is 3.32. The van der Waals surface area contributed by atoms with Crippen LogP contribution < -0.4 is 10.7 Å². The first-order valence-corrected chi connectivity index (χ1v) is 9.02. The summed E-state index contributed by atoms with van der Waals surface area (Å²) in [5.74, 6) is -0.491. The maximum atomic E-state index is 12.3. The van der Waals surface area contributed by atoms with Crippen molar-refractivity contribution in [3.05, 3.63) is 63.1 Å². The SMILES string of the molecule is C/C(CC(=O)Nc1c(C)cc(C)cc1C)=N/NC(=O)c1cccc(Br)c1. The molecule has 0 radical (unpaired) electrons. The third-order valence-electron chi connectivity index (χ3n) is 3.79. The predicted octanol–water partition coefficient (Wildman–Crippen LogP) is 4.51. The highest BCUT2D eigenvalue weighted by atomic mass is 79.9. The van der Waals surface area contributed by atoms with Gasteiger partial charge in [-0.3, -0.25) is 9.59 Å². The van der Waals surface area contributed by atoms with Gasteiger partial charge in [0.15, 0.2) is 0 Å². The van der Waals surface area contributed by atoms with Crippen molar-refractivity contribution in [1.82, 2.24) is 5.43 Å². The number of hydrogen-bond donors (Lipinski definition) is 2. The molecule has 0 unspecified atom stereocenters. The quantitative estimate of drug-likeness (QED) is 0.556. The number of aryl methyl sites for hydroxylation is 3. The first-order valence-electron chi connectivity index (χ1n) is 8.23. The summed E-state index contributed by atoms with van der Waals surface area (Å²) in [6, 6.07) is 11.1. The smallest absolute Gasteiger partial charge is 0.271 e. The van der Waals surface area contributed by atoms with Crippen LogP contribution in [0.4, 0.5) is 5.69 Å². The van der Waals surface area contributed by atoms with Gasteiger partial charge in [0.1, 0.15) is 0 Å². The van der Waals surface area contributed by atoms with E-state index in [1.807, 2.05) is 39.0 Å². The Hall–Kier alpha value is -2.47. The van der Waals surface area contributed by atoms with Crippen molar-refractivity contribution in [3.63, 3.8) is 0 Å². The third kappa shape index (κ3) is 5.52. The van der Waals surface area contributed by atoms with E-state index in [1.54, 1.807) is 25.1 Å². The van der Waals surface area contributed by atoms with Crippen molar-refractivity contribution in [2.75, 3.05) is 5.32 Å². The zero-order valence-electron chi connectivity index (χ0n) is 15.3. The van der Waals surface area contributed by atoms with E-state index in [1.165, 1.54) is 0 Å². The van der Waals surface area contributed by atoms with Gasteiger partial charge in [-0.1, -0.05) is 39.7 Å². The van der Waals surface area contributed by atoms with Gasteiger partial charge in [-0.25, -0.2) is 5.43 Å². The van der Waals surface area contributed by atoms with Crippen LogP contribution in [-0.4, -0.2) is 17.5 Å². The van der Waals surface area contributed by atoms with E-state index >= 15 is 0 Å². The highest BCUT2D eigenvalue weighted by molar-refractivity contribution is 9.10. The molecule has 0 saturated heterocycles. The summed E-state index contributed by atoms with van der Waals surface area (Å²) in [5, 5.41) is 6.94. The van der Waals surface area contributed by atoms with Crippen molar-refractivity contribution in [2.24, 2.45) is 5.10 Å². The van der Waals surface area contributed by atoms with Crippen LogP contribution in [0.3, 0.4) is 0 Å². The number of halogens is 1. The molecule has 2 N–H and O–H groups in total. The third-order valence-corrected chi connectivity index (χ3v) is 4.29. The fourth-order valence-corrected chi connectivity index (χ4v) is 3.07. The minimum absolute atomic E-state index is 0.103. The van der Waals surface area contributed by atoms with E-state index in [0.29, 0.717) is 11.3 Å². The van der Waals surface area contributed by atoms with Gasteiger partial charge in [0, 0.05) is 21.4 Å². The minimum Gasteiger partial charge on any atom is -0.325 e.